The second kappa shape index (κ2) is 6.61. The molecule has 0 aromatic heterocycles. The molecule has 0 spiro atoms. The zero-order valence-electron chi connectivity index (χ0n) is 14.7. The number of halogens is 3. The normalized spacial score (nSPS) is 26.4. The lowest BCUT2D eigenvalue weighted by atomic mass is 9.85. The predicted octanol–water partition coefficient (Wildman–Crippen LogP) is 2.65. The number of fused-ring (bicyclic) bond motifs is 1. The van der Waals surface area contributed by atoms with E-state index in [9.17, 15) is 23.1 Å². The Labute approximate surface area is 154 Å². The molecule has 0 bridgehead atoms. The first-order chi connectivity index (χ1) is 12.0. The van der Waals surface area contributed by atoms with Crippen LogP contribution in [0.4, 0.5) is 13.2 Å². The number of rotatable bonds is 2. The standard InChI is InChI=1S/C17H21F3N2O3S/c1-16(2)15(24)14(22-7-6-21(3)9-13(22)23)11-8-10(26-17(18,19)20)4-5-12(11)25-16/h4-5,8,14-15,24H,6-7,9H2,1-3H3. The van der Waals surface area contributed by atoms with Crippen LogP contribution in [-0.2, 0) is 4.79 Å². The number of likely N-dealkylation sites (N-methyl/N-ethyl adjacent to an activating group) is 1. The summed E-state index contributed by atoms with van der Waals surface area (Å²) in [5.41, 5.74) is -4.98. The zero-order chi connectivity index (χ0) is 19.3. The number of carbonyl (C=O) groups excluding carboxylic acids is 1. The van der Waals surface area contributed by atoms with Gasteiger partial charge in [-0.25, -0.2) is 0 Å². The first-order valence-corrected chi connectivity index (χ1v) is 9.04. The van der Waals surface area contributed by atoms with Crippen LogP contribution in [-0.4, -0.2) is 64.7 Å². The van der Waals surface area contributed by atoms with E-state index in [1.54, 1.807) is 18.7 Å². The summed E-state index contributed by atoms with van der Waals surface area (Å²) in [6.45, 7) is 4.63. The van der Waals surface area contributed by atoms with Crippen LogP contribution in [0.15, 0.2) is 23.1 Å². The van der Waals surface area contributed by atoms with Crippen molar-refractivity contribution < 1.29 is 27.8 Å². The molecule has 2 unspecified atom stereocenters. The van der Waals surface area contributed by atoms with Crippen molar-refractivity contribution in [1.82, 2.24) is 9.80 Å². The van der Waals surface area contributed by atoms with E-state index < -0.39 is 23.3 Å². The smallest absolute Gasteiger partial charge is 0.446 e. The van der Waals surface area contributed by atoms with Crippen LogP contribution in [0.1, 0.15) is 25.5 Å². The predicted molar refractivity (Wildman–Crippen MR) is 91.0 cm³/mol. The number of benzene rings is 1. The number of ether oxygens (including phenoxy) is 1. The molecule has 0 saturated carbocycles. The molecule has 0 aliphatic carbocycles. The average Bonchev–Trinajstić information content (AvgIpc) is 2.49. The Balaban J connectivity index is 2.02. The van der Waals surface area contributed by atoms with Gasteiger partial charge >= 0.3 is 5.51 Å². The number of hydrogen-bond acceptors (Lipinski definition) is 5. The quantitative estimate of drug-likeness (QED) is 0.787. The van der Waals surface area contributed by atoms with Crippen LogP contribution in [0.3, 0.4) is 0 Å². The molecule has 26 heavy (non-hydrogen) atoms. The fourth-order valence-corrected chi connectivity index (χ4v) is 3.97. The molecular formula is C17H21F3N2O3S. The van der Waals surface area contributed by atoms with Gasteiger partial charge in [0.05, 0.1) is 12.6 Å². The Bertz CT molecular complexity index is 711. The van der Waals surface area contributed by atoms with E-state index in [2.05, 4.69) is 0 Å². The maximum Gasteiger partial charge on any atom is 0.446 e. The number of carbonyl (C=O) groups is 1. The highest BCUT2D eigenvalue weighted by Gasteiger charge is 2.47. The number of aliphatic hydroxyl groups is 1. The van der Waals surface area contributed by atoms with Gasteiger partial charge in [-0.1, -0.05) is 0 Å². The number of aliphatic hydroxyl groups excluding tert-OH is 1. The van der Waals surface area contributed by atoms with Crippen LogP contribution in [0.2, 0.25) is 0 Å². The molecule has 1 amide bonds. The van der Waals surface area contributed by atoms with Crippen molar-refractivity contribution in [3.05, 3.63) is 23.8 Å². The lowest BCUT2D eigenvalue weighted by Crippen LogP contribution is -2.58. The van der Waals surface area contributed by atoms with Gasteiger partial charge in [-0.2, -0.15) is 13.2 Å². The number of alkyl halides is 3. The van der Waals surface area contributed by atoms with Gasteiger partial charge in [-0.15, -0.1) is 0 Å². The van der Waals surface area contributed by atoms with E-state index in [1.807, 2.05) is 11.9 Å². The Morgan fingerprint density at radius 3 is 2.62 bits per heavy atom. The zero-order valence-corrected chi connectivity index (χ0v) is 15.5. The van der Waals surface area contributed by atoms with Crippen molar-refractivity contribution in [1.29, 1.82) is 0 Å². The molecule has 5 nitrogen and oxygen atoms in total. The van der Waals surface area contributed by atoms with Gasteiger partial charge in [0.15, 0.2) is 0 Å². The summed E-state index contributed by atoms with van der Waals surface area (Å²) < 4.78 is 44.0. The number of thioether (sulfide) groups is 1. The van der Waals surface area contributed by atoms with Gasteiger partial charge < -0.3 is 14.7 Å². The van der Waals surface area contributed by atoms with E-state index in [1.165, 1.54) is 18.2 Å². The summed E-state index contributed by atoms with van der Waals surface area (Å²) in [6, 6.07) is 3.43. The summed E-state index contributed by atoms with van der Waals surface area (Å²) in [6.07, 6.45) is -1.06. The second-order valence-corrected chi connectivity index (χ2v) is 8.31. The van der Waals surface area contributed by atoms with Crippen molar-refractivity contribution in [3.63, 3.8) is 0 Å². The van der Waals surface area contributed by atoms with E-state index >= 15 is 0 Å². The molecule has 0 radical (unpaired) electrons. The minimum absolute atomic E-state index is 0.00154. The van der Waals surface area contributed by atoms with Crippen molar-refractivity contribution in [2.24, 2.45) is 0 Å². The third-order valence-corrected chi connectivity index (χ3v) is 5.42. The Hall–Kier alpha value is -1.45. The third-order valence-electron chi connectivity index (χ3n) is 4.70. The summed E-state index contributed by atoms with van der Waals surface area (Å²) in [7, 11) is 1.83. The van der Waals surface area contributed by atoms with Crippen LogP contribution in [0.5, 0.6) is 5.75 Å². The summed E-state index contributed by atoms with van der Waals surface area (Å²) in [5, 5.41) is 10.8. The number of piperazine rings is 1. The lowest BCUT2D eigenvalue weighted by Gasteiger charge is -2.48. The molecule has 3 rings (SSSR count). The molecular weight excluding hydrogens is 369 g/mol. The number of nitrogens with zero attached hydrogens (tertiary/aromatic N) is 2. The molecule has 2 atom stereocenters. The Morgan fingerprint density at radius 2 is 2.00 bits per heavy atom. The van der Waals surface area contributed by atoms with Crippen LogP contribution >= 0.6 is 11.8 Å². The number of amides is 1. The minimum atomic E-state index is -4.42. The maximum atomic E-state index is 12.7. The maximum absolute atomic E-state index is 12.7. The van der Waals surface area contributed by atoms with E-state index in [4.69, 9.17) is 4.74 Å². The van der Waals surface area contributed by atoms with Crippen molar-refractivity contribution in [3.8, 4) is 5.75 Å². The number of hydrogen-bond donors (Lipinski definition) is 1. The molecule has 2 aliphatic heterocycles. The molecule has 1 saturated heterocycles. The molecule has 1 aromatic carbocycles. The molecule has 2 aliphatic rings. The molecule has 144 valence electrons. The van der Waals surface area contributed by atoms with E-state index in [-0.39, 0.29) is 29.1 Å². The van der Waals surface area contributed by atoms with Crippen LogP contribution in [0, 0.1) is 0 Å². The second-order valence-electron chi connectivity index (χ2n) is 7.17. The highest BCUT2D eigenvalue weighted by Crippen LogP contribution is 2.46. The Morgan fingerprint density at radius 1 is 1.31 bits per heavy atom. The summed E-state index contributed by atoms with van der Waals surface area (Å²) in [5.74, 6) is 0.226. The largest absolute Gasteiger partial charge is 0.485 e. The van der Waals surface area contributed by atoms with Gasteiger partial charge in [0, 0.05) is 23.5 Å². The Kier molecular flexibility index (Phi) is 4.91. The third kappa shape index (κ3) is 3.79. The van der Waals surface area contributed by atoms with Gasteiger partial charge in [0.1, 0.15) is 17.5 Å². The highest BCUT2D eigenvalue weighted by atomic mass is 32.2. The van der Waals surface area contributed by atoms with Crippen molar-refractivity contribution in [2.45, 2.75) is 42.0 Å². The fourth-order valence-electron chi connectivity index (χ4n) is 3.38. The first kappa shape index (κ1) is 19.3. The van der Waals surface area contributed by atoms with Crippen molar-refractivity contribution in [2.75, 3.05) is 26.7 Å². The summed E-state index contributed by atoms with van der Waals surface area (Å²) >= 11 is -0.224. The molecule has 1 N–H and O–H groups in total. The van der Waals surface area contributed by atoms with Crippen LogP contribution < -0.4 is 4.74 Å². The van der Waals surface area contributed by atoms with Gasteiger partial charge in [-0.05, 0) is 50.9 Å². The SMILES string of the molecule is CN1CCN(C2c3cc(SC(F)(F)F)ccc3OC(C)(C)C2O)C(=O)C1. The van der Waals surface area contributed by atoms with Crippen molar-refractivity contribution >= 4 is 17.7 Å². The van der Waals surface area contributed by atoms with Gasteiger partial charge in [0.2, 0.25) is 5.91 Å². The highest BCUT2D eigenvalue weighted by molar-refractivity contribution is 8.00. The molecule has 1 aromatic rings. The molecule has 2 heterocycles. The van der Waals surface area contributed by atoms with Crippen LogP contribution in [0.25, 0.3) is 0 Å². The summed E-state index contributed by atoms with van der Waals surface area (Å²) in [4.78, 5) is 15.9. The lowest BCUT2D eigenvalue weighted by molar-refractivity contribution is -0.149. The van der Waals surface area contributed by atoms with E-state index in [0.29, 0.717) is 24.4 Å². The molecule has 1 fully saturated rings. The van der Waals surface area contributed by atoms with E-state index in [0.717, 1.165) is 0 Å². The average molecular weight is 390 g/mol. The first-order valence-electron chi connectivity index (χ1n) is 8.23. The topological polar surface area (TPSA) is 53.0 Å². The van der Waals surface area contributed by atoms with Gasteiger partial charge in [0.25, 0.3) is 0 Å². The molecule has 9 heteroatoms. The monoisotopic (exact) mass is 390 g/mol. The minimum Gasteiger partial charge on any atom is -0.485 e. The van der Waals surface area contributed by atoms with Gasteiger partial charge in [-0.3, -0.25) is 9.69 Å². The fraction of sp³-hybridized carbons (Fsp3) is 0.588.